The third kappa shape index (κ3) is 9.54. The van der Waals surface area contributed by atoms with Crippen molar-refractivity contribution in [3.63, 3.8) is 0 Å². The summed E-state index contributed by atoms with van der Waals surface area (Å²) in [6, 6.07) is 17.6. The van der Waals surface area contributed by atoms with Crippen LogP contribution in [0.15, 0.2) is 60.7 Å². The van der Waals surface area contributed by atoms with Gasteiger partial charge < -0.3 is 9.05 Å². The number of hydrogen-bond acceptors (Lipinski definition) is 3. The second-order valence-electron chi connectivity index (χ2n) is 16.9. The molecule has 0 spiro atoms. The number of hydrogen-bond donors (Lipinski definition) is 0. The molecule has 0 radical (unpaired) electrons. The fourth-order valence-corrected chi connectivity index (χ4v) is 7.34. The van der Waals surface area contributed by atoms with Crippen LogP contribution in [0.4, 0.5) is 0 Å². The zero-order valence-electron chi connectivity index (χ0n) is 31.4. The maximum atomic E-state index is 7.09. The van der Waals surface area contributed by atoms with Crippen LogP contribution < -0.4 is 14.4 Å². The zero-order chi connectivity index (χ0) is 34.8. The summed E-state index contributed by atoms with van der Waals surface area (Å²) < 4.78 is 14.2. The van der Waals surface area contributed by atoms with Crippen LogP contribution in [-0.2, 0) is 21.7 Å². The second kappa shape index (κ2) is 14.3. The van der Waals surface area contributed by atoms with Crippen molar-refractivity contribution < 1.29 is 9.05 Å². The van der Waals surface area contributed by atoms with Gasteiger partial charge in [0, 0.05) is 16.0 Å². The number of benzene rings is 3. The number of aryl methyl sites for hydroxylation is 2. The Kier molecular flexibility index (Phi) is 11.8. The van der Waals surface area contributed by atoms with Gasteiger partial charge in [0.25, 0.3) is 0 Å². The molecule has 2 nitrogen and oxygen atoms in total. The molecule has 3 aromatic rings. The molecule has 0 amide bonds. The molecule has 0 saturated heterocycles. The molecule has 0 saturated carbocycles. The molecule has 0 aromatic heterocycles. The lowest BCUT2D eigenvalue weighted by molar-refractivity contribution is 0.465. The first-order chi connectivity index (χ1) is 21.0. The first-order valence-corrected chi connectivity index (χ1v) is 18.4. The average Bonchev–Trinajstić information content (AvgIpc) is 2.90. The topological polar surface area (TPSA) is 18.5 Å². The highest BCUT2D eigenvalue weighted by Crippen LogP contribution is 2.48. The predicted octanol–water partition coefficient (Wildman–Crippen LogP) is 12.7. The second-order valence-corrected chi connectivity index (χ2v) is 18.7. The molecule has 0 unspecified atom stereocenters. The van der Waals surface area contributed by atoms with E-state index in [0.29, 0.717) is 0 Å². The SMILES string of the molecule is CCC/C=C\C(=S)c1ccc(P(Oc2cc(C)c(C(C)(C)C)cc2C(C)(C)C)Oc2cc(C)c(C(C)(C)C)cc2C(C)(C)C)cc1. The third-order valence-electron chi connectivity index (χ3n) is 8.33. The lowest BCUT2D eigenvalue weighted by Crippen LogP contribution is -2.21. The smallest absolute Gasteiger partial charge is 0.326 e. The van der Waals surface area contributed by atoms with Gasteiger partial charge in [0.15, 0.2) is 0 Å². The van der Waals surface area contributed by atoms with Crippen LogP contribution in [0.5, 0.6) is 11.5 Å². The van der Waals surface area contributed by atoms with Crippen LogP contribution in [0.3, 0.4) is 0 Å². The molecular weight excluding hydrogens is 600 g/mol. The number of unbranched alkanes of at least 4 members (excludes halogenated alkanes) is 1. The predicted molar refractivity (Wildman–Crippen MR) is 207 cm³/mol. The van der Waals surface area contributed by atoms with Gasteiger partial charge in [-0.15, -0.1) is 0 Å². The summed E-state index contributed by atoms with van der Waals surface area (Å²) in [7, 11) is -1.54. The van der Waals surface area contributed by atoms with Gasteiger partial charge in [0.1, 0.15) is 11.5 Å². The highest BCUT2D eigenvalue weighted by molar-refractivity contribution is 7.81. The van der Waals surface area contributed by atoms with Crippen molar-refractivity contribution in [3.8, 4) is 11.5 Å². The van der Waals surface area contributed by atoms with Gasteiger partial charge in [-0.1, -0.05) is 139 Å². The van der Waals surface area contributed by atoms with Crippen molar-refractivity contribution in [1.82, 2.24) is 0 Å². The van der Waals surface area contributed by atoms with Crippen LogP contribution in [-0.4, -0.2) is 4.86 Å². The Balaban J connectivity index is 2.22. The molecule has 3 rings (SSSR count). The van der Waals surface area contributed by atoms with E-state index in [1.165, 1.54) is 33.4 Å². The summed E-state index contributed by atoms with van der Waals surface area (Å²) in [4.78, 5) is 0.845. The Bertz CT molecular complexity index is 1470. The summed E-state index contributed by atoms with van der Waals surface area (Å²) in [6.45, 7) is 33.8. The molecular formula is C42H59O2PS. The summed E-state index contributed by atoms with van der Waals surface area (Å²) in [5, 5.41) is 1.01. The van der Waals surface area contributed by atoms with Crippen LogP contribution >= 0.6 is 20.6 Å². The van der Waals surface area contributed by atoms with Crippen LogP contribution in [0, 0.1) is 13.8 Å². The maximum Gasteiger partial charge on any atom is 0.326 e. The first-order valence-electron chi connectivity index (χ1n) is 16.8. The number of thiocarbonyl (C=S) groups is 1. The average molecular weight is 659 g/mol. The van der Waals surface area contributed by atoms with E-state index in [9.17, 15) is 0 Å². The quantitative estimate of drug-likeness (QED) is 0.0986. The van der Waals surface area contributed by atoms with Crippen molar-refractivity contribution in [3.05, 3.63) is 99.6 Å². The van der Waals surface area contributed by atoms with Gasteiger partial charge in [0.2, 0.25) is 0 Å². The van der Waals surface area contributed by atoms with Crippen LogP contribution in [0.1, 0.15) is 142 Å². The Morgan fingerprint density at radius 1 is 0.630 bits per heavy atom. The maximum absolute atomic E-state index is 7.09. The molecule has 0 N–H and O–H groups in total. The van der Waals surface area contributed by atoms with Gasteiger partial charge >= 0.3 is 8.38 Å². The number of rotatable bonds is 9. The highest BCUT2D eigenvalue weighted by Gasteiger charge is 2.31. The summed E-state index contributed by atoms with van der Waals surface area (Å²) in [5.74, 6) is 1.76. The minimum Gasteiger partial charge on any atom is -0.435 e. The van der Waals surface area contributed by atoms with Gasteiger partial charge in [-0.05, 0) is 100 Å². The van der Waals surface area contributed by atoms with Crippen molar-refractivity contribution >= 4 is 30.8 Å². The van der Waals surface area contributed by atoms with E-state index in [1.54, 1.807) is 0 Å². The third-order valence-corrected chi connectivity index (χ3v) is 10.2. The van der Waals surface area contributed by atoms with E-state index < -0.39 is 8.38 Å². The van der Waals surface area contributed by atoms with E-state index in [-0.39, 0.29) is 21.7 Å². The monoisotopic (exact) mass is 658 g/mol. The van der Waals surface area contributed by atoms with E-state index in [2.05, 4.69) is 158 Å². The zero-order valence-corrected chi connectivity index (χ0v) is 33.1. The van der Waals surface area contributed by atoms with Gasteiger partial charge in [0.05, 0.1) is 5.30 Å². The van der Waals surface area contributed by atoms with Crippen LogP contribution in [0.2, 0.25) is 0 Å². The molecule has 0 fully saturated rings. The minimum atomic E-state index is -1.54. The number of allylic oxidation sites excluding steroid dienone is 2. The minimum absolute atomic E-state index is 0.0254. The fraction of sp³-hybridized carbons (Fsp3) is 0.500. The van der Waals surface area contributed by atoms with E-state index in [4.69, 9.17) is 21.3 Å². The normalized spacial score (nSPS) is 13.0. The van der Waals surface area contributed by atoms with Gasteiger partial charge in [-0.2, -0.15) is 0 Å². The largest absolute Gasteiger partial charge is 0.435 e. The molecule has 0 heterocycles. The Labute approximate surface area is 288 Å². The molecule has 3 aromatic carbocycles. The van der Waals surface area contributed by atoms with E-state index in [0.717, 1.165) is 40.1 Å². The van der Waals surface area contributed by atoms with E-state index >= 15 is 0 Å². The molecule has 0 aliphatic heterocycles. The molecule has 0 aliphatic rings. The molecule has 4 heteroatoms. The highest BCUT2D eigenvalue weighted by atomic mass is 32.1. The van der Waals surface area contributed by atoms with E-state index in [1.807, 2.05) is 6.08 Å². The standard InChI is InChI=1S/C42H59O2PS/c1-16-17-18-19-38(46)30-20-22-31(23-21-30)45(43-36-24-28(2)32(39(4,5)6)26-34(36)41(10,11)12)44-37-25-29(3)33(40(7,8)9)27-35(37)42(13,14)15/h18-27H,16-17H2,1-15H3/b19-18-. The molecule has 0 atom stereocenters. The van der Waals surface area contributed by atoms with Gasteiger partial charge in [-0.3, -0.25) is 0 Å². The lowest BCUT2D eigenvalue weighted by Gasteiger charge is -2.32. The molecule has 46 heavy (non-hydrogen) atoms. The van der Waals surface area contributed by atoms with Crippen molar-refractivity contribution in [2.75, 3.05) is 0 Å². The first kappa shape index (κ1) is 38.0. The molecule has 0 bridgehead atoms. The summed E-state index contributed by atoms with van der Waals surface area (Å²) in [5.41, 5.74) is 8.36. The van der Waals surface area contributed by atoms with Crippen molar-refractivity contribution in [1.29, 1.82) is 0 Å². The molecule has 0 aliphatic carbocycles. The lowest BCUT2D eigenvalue weighted by atomic mass is 9.78. The Hall–Kier alpha value is -2.48. The van der Waals surface area contributed by atoms with Crippen molar-refractivity contribution in [2.24, 2.45) is 0 Å². The van der Waals surface area contributed by atoms with Crippen molar-refractivity contribution in [2.45, 2.75) is 138 Å². The van der Waals surface area contributed by atoms with Gasteiger partial charge in [-0.25, -0.2) is 0 Å². The fourth-order valence-electron chi connectivity index (χ4n) is 5.81. The Morgan fingerprint density at radius 3 is 1.37 bits per heavy atom. The molecule has 250 valence electrons. The van der Waals surface area contributed by atoms with Crippen LogP contribution in [0.25, 0.3) is 0 Å². The summed E-state index contributed by atoms with van der Waals surface area (Å²) >= 11 is 5.74. The summed E-state index contributed by atoms with van der Waals surface area (Å²) in [6.07, 6.45) is 6.34. The Morgan fingerprint density at radius 2 is 1.02 bits per heavy atom.